The molecule has 1 aromatic rings. The molecule has 0 saturated carbocycles. The van der Waals surface area contributed by atoms with Crippen LogP contribution in [-0.4, -0.2) is 42.2 Å². The number of nitrogens with two attached hydrogens (primary N) is 1. The van der Waals surface area contributed by atoms with E-state index in [9.17, 15) is 9.90 Å². The van der Waals surface area contributed by atoms with Gasteiger partial charge in [0.1, 0.15) is 6.10 Å². The standard InChI is InChI=1S/C12H18N2O2/c1-14(12(16)11(15)9-13)8-7-10-5-3-2-4-6-10/h2-6,11,15H,7-9,13H2,1H3. The van der Waals surface area contributed by atoms with Crippen LogP contribution in [0.25, 0.3) is 0 Å². The van der Waals surface area contributed by atoms with Crippen molar-refractivity contribution in [1.82, 2.24) is 4.90 Å². The molecule has 1 unspecified atom stereocenters. The maximum Gasteiger partial charge on any atom is 0.252 e. The molecule has 0 saturated heterocycles. The lowest BCUT2D eigenvalue weighted by Crippen LogP contribution is -2.41. The molecule has 0 heterocycles. The van der Waals surface area contributed by atoms with Crippen LogP contribution in [0.5, 0.6) is 0 Å². The summed E-state index contributed by atoms with van der Waals surface area (Å²) in [6, 6.07) is 9.91. The van der Waals surface area contributed by atoms with Crippen LogP contribution in [0.15, 0.2) is 30.3 Å². The molecule has 0 bridgehead atoms. The molecule has 88 valence electrons. The highest BCUT2D eigenvalue weighted by Gasteiger charge is 2.16. The van der Waals surface area contributed by atoms with Gasteiger partial charge in [0, 0.05) is 20.1 Å². The smallest absolute Gasteiger partial charge is 0.252 e. The van der Waals surface area contributed by atoms with Crippen LogP contribution in [0.3, 0.4) is 0 Å². The van der Waals surface area contributed by atoms with E-state index in [2.05, 4.69) is 0 Å². The van der Waals surface area contributed by atoms with Crippen molar-refractivity contribution in [3.05, 3.63) is 35.9 Å². The lowest BCUT2D eigenvalue weighted by molar-refractivity contribution is -0.138. The SMILES string of the molecule is CN(CCc1ccccc1)C(=O)C(O)CN. The number of rotatable bonds is 5. The van der Waals surface area contributed by atoms with E-state index >= 15 is 0 Å². The lowest BCUT2D eigenvalue weighted by Gasteiger charge is -2.19. The summed E-state index contributed by atoms with van der Waals surface area (Å²) in [7, 11) is 1.67. The van der Waals surface area contributed by atoms with E-state index in [1.165, 1.54) is 10.5 Å². The van der Waals surface area contributed by atoms with Crippen LogP contribution in [0.4, 0.5) is 0 Å². The van der Waals surface area contributed by atoms with Gasteiger partial charge in [-0.25, -0.2) is 0 Å². The van der Waals surface area contributed by atoms with Gasteiger partial charge >= 0.3 is 0 Å². The Morgan fingerprint density at radius 2 is 2.06 bits per heavy atom. The van der Waals surface area contributed by atoms with Crippen molar-refractivity contribution < 1.29 is 9.90 Å². The molecule has 3 N–H and O–H groups in total. The number of nitrogens with zero attached hydrogens (tertiary/aromatic N) is 1. The maximum atomic E-state index is 11.5. The Bertz CT molecular complexity index is 327. The van der Waals surface area contributed by atoms with Gasteiger partial charge in [-0.05, 0) is 12.0 Å². The second-order valence-corrected chi connectivity index (χ2v) is 3.75. The van der Waals surface area contributed by atoms with E-state index in [1.807, 2.05) is 30.3 Å². The average Bonchev–Trinajstić information content (AvgIpc) is 2.35. The Morgan fingerprint density at radius 3 is 2.62 bits per heavy atom. The molecule has 1 amide bonds. The minimum absolute atomic E-state index is 0.0332. The van der Waals surface area contributed by atoms with Crippen LogP contribution < -0.4 is 5.73 Å². The number of benzene rings is 1. The average molecular weight is 222 g/mol. The number of carbonyl (C=O) groups excluding carboxylic acids is 1. The Kier molecular flexibility index (Phi) is 4.95. The normalized spacial score (nSPS) is 12.2. The zero-order valence-corrected chi connectivity index (χ0v) is 9.47. The van der Waals surface area contributed by atoms with Crippen LogP contribution in [0, 0.1) is 0 Å². The summed E-state index contributed by atoms with van der Waals surface area (Å²) >= 11 is 0. The van der Waals surface area contributed by atoms with Gasteiger partial charge in [0.15, 0.2) is 0 Å². The molecule has 1 rings (SSSR count). The van der Waals surface area contributed by atoms with Gasteiger partial charge in [0.25, 0.3) is 5.91 Å². The predicted molar refractivity (Wildman–Crippen MR) is 62.8 cm³/mol. The van der Waals surface area contributed by atoms with Crippen molar-refractivity contribution in [3.8, 4) is 0 Å². The summed E-state index contributed by atoms with van der Waals surface area (Å²) < 4.78 is 0. The van der Waals surface area contributed by atoms with Crippen molar-refractivity contribution in [2.45, 2.75) is 12.5 Å². The lowest BCUT2D eigenvalue weighted by atomic mass is 10.1. The third kappa shape index (κ3) is 3.64. The first kappa shape index (κ1) is 12.7. The maximum absolute atomic E-state index is 11.5. The van der Waals surface area contributed by atoms with E-state index < -0.39 is 6.10 Å². The van der Waals surface area contributed by atoms with Gasteiger partial charge in [-0.2, -0.15) is 0 Å². The number of aliphatic hydroxyl groups is 1. The summed E-state index contributed by atoms with van der Waals surface area (Å²) in [4.78, 5) is 13.0. The van der Waals surface area contributed by atoms with Crippen molar-refractivity contribution >= 4 is 5.91 Å². The number of hydrogen-bond acceptors (Lipinski definition) is 3. The van der Waals surface area contributed by atoms with Crippen LogP contribution in [0.2, 0.25) is 0 Å². The van der Waals surface area contributed by atoms with Gasteiger partial charge < -0.3 is 15.7 Å². The minimum Gasteiger partial charge on any atom is -0.382 e. The molecule has 0 radical (unpaired) electrons. The molecule has 0 aromatic heterocycles. The Morgan fingerprint density at radius 1 is 1.44 bits per heavy atom. The fourth-order valence-corrected chi connectivity index (χ4v) is 1.41. The molecule has 0 aliphatic rings. The summed E-state index contributed by atoms with van der Waals surface area (Å²) in [6.07, 6.45) is -0.304. The fraction of sp³-hybridized carbons (Fsp3) is 0.417. The molecule has 0 aliphatic heterocycles. The quantitative estimate of drug-likeness (QED) is 0.737. The van der Waals surface area contributed by atoms with Crippen LogP contribution in [0.1, 0.15) is 5.56 Å². The van der Waals surface area contributed by atoms with Gasteiger partial charge in [0.05, 0.1) is 0 Å². The molecule has 0 aliphatic carbocycles. The van der Waals surface area contributed by atoms with Crippen molar-refractivity contribution in [2.24, 2.45) is 5.73 Å². The summed E-state index contributed by atoms with van der Waals surface area (Å²) in [5.74, 6) is -0.321. The molecule has 4 nitrogen and oxygen atoms in total. The largest absolute Gasteiger partial charge is 0.382 e. The summed E-state index contributed by atoms with van der Waals surface area (Å²) in [6.45, 7) is 0.550. The predicted octanol–water partition coefficient (Wildman–Crippen LogP) is 0.00710. The Hall–Kier alpha value is -1.39. The van der Waals surface area contributed by atoms with Gasteiger partial charge in [0.2, 0.25) is 0 Å². The van der Waals surface area contributed by atoms with Crippen LogP contribution >= 0.6 is 0 Å². The highest BCUT2D eigenvalue weighted by Crippen LogP contribution is 2.01. The zero-order chi connectivity index (χ0) is 12.0. The number of hydrogen-bond donors (Lipinski definition) is 2. The first-order valence-electron chi connectivity index (χ1n) is 5.32. The third-order valence-corrected chi connectivity index (χ3v) is 2.46. The van der Waals surface area contributed by atoms with Crippen molar-refractivity contribution in [1.29, 1.82) is 0 Å². The topological polar surface area (TPSA) is 66.6 Å². The number of amides is 1. The minimum atomic E-state index is -1.08. The summed E-state index contributed by atoms with van der Waals surface area (Å²) in [5.41, 5.74) is 6.39. The molecule has 4 heteroatoms. The van der Waals surface area contributed by atoms with Gasteiger partial charge in [-0.15, -0.1) is 0 Å². The monoisotopic (exact) mass is 222 g/mol. The van der Waals surface area contributed by atoms with E-state index in [-0.39, 0.29) is 12.5 Å². The third-order valence-electron chi connectivity index (χ3n) is 2.46. The second-order valence-electron chi connectivity index (χ2n) is 3.75. The van der Waals surface area contributed by atoms with E-state index in [0.29, 0.717) is 6.54 Å². The zero-order valence-electron chi connectivity index (χ0n) is 9.47. The van der Waals surface area contributed by atoms with E-state index in [1.54, 1.807) is 7.05 Å². The number of carbonyl (C=O) groups is 1. The highest BCUT2D eigenvalue weighted by atomic mass is 16.3. The second kappa shape index (κ2) is 6.25. The van der Waals surface area contributed by atoms with Crippen molar-refractivity contribution in [2.75, 3.05) is 20.1 Å². The van der Waals surface area contributed by atoms with E-state index in [0.717, 1.165) is 6.42 Å². The molecule has 1 aromatic carbocycles. The van der Waals surface area contributed by atoms with Crippen molar-refractivity contribution in [3.63, 3.8) is 0 Å². The Labute approximate surface area is 95.7 Å². The number of aliphatic hydroxyl groups excluding tert-OH is 1. The first-order chi connectivity index (χ1) is 7.65. The molecular formula is C12H18N2O2. The number of likely N-dealkylation sites (N-methyl/N-ethyl adjacent to an activating group) is 1. The Balaban J connectivity index is 2.41. The molecule has 0 spiro atoms. The molecule has 1 atom stereocenters. The first-order valence-corrected chi connectivity index (χ1v) is 5.32. The van der Waals surface area contributed by atoms with Gasteiger partial charge in [-0.1, -0.05) is 30.3 Å². The van der Waals surface area contributed by atoms with E-state index in [4.69, 9.17) is 5.73 Å². The highest BCUT2D eigenvalue weighted by molar-refractivity contribution is 5.80. The van der Waals surface area contributed by atoms with Gasteiger partial charge in [-0.3, -0.25) is 4.79 Å². The summed E-state index contributed by atoms with van der Waals surface area (Å²) in [5, 5.41) is 9.28. The molecular weight excluding hydrogens is 204 g/mol. The fourth-order valence-electron chi connectivity index (χ4n) is 1.41. The molecule has 16 heavy (non-hydrogen) atoms. The molecule has 0 fully saturated rings. The van der Waals surface area contributed by atoms with Crippen LogP contribution in [-0.2, 0) is 11.2 Å².